The minimum atomic E-state index is -4.85. The summed E-state index contributed by atoms with van der Waals surface area (Å²) in [5.74, 6) is -1.36. The van der Waals surface area contributed by atoms with Gasteiger partial charge in [0.15, 0.2) is 11.6 Å². The van der Waals surface area contributed by atoms with Gasteiger partial charge in [-0.3, -0.25) is 9.62 Å². The van der Waals surface area contributed by atoms with Crippen LogP contribution in [0.5, 0.6) is 11.5 Å². The van der Waals surface area contributed by atoms with E-state index in [0.29, 0.717) is 13.8 Å². The molecule has 10 nitrogen and oxygen atoms in total. The predicted octanol–water partition coefficient (Wildman–Crippen LogP) is 5.53. The number of allylic oxidation sites excluding steroid dienone is 1. The molecule has 0 spiro atoms. The Kier molecular flexibility index (Phi) is 9.27. The maximum atomic E-state index is 14.1. The number of aliphatic hydroxyl groups excluding tert-OH is 2. The van der Waals surface area contributed by atoms with Crippen LogP contribution in [-0.2, 0) is 14.8 Å². The summed E-state index contributed by atoms with van der Waals surface area (Å²) in [6, 6.07) is 6.67. The fourth-order valence-electron chi connectivity index (χ4n) is 4.20. The van der Waals surface area contributed by atoms with E-state index < -0.39 is 45.2 Å². The van der Waals surface area contributed by atoms with E-state index in [9.17, 15) is 41.0 Å². The summed E-state index contributed by atoms with van der Waals surface area (Å²) in [5, 5.41) is 21.9. The second kappa shape index (κ2) is 11.9. The molecule has 2 aromatic rings. The summed E-state index contributed by atoms with van der Waals surface area (Å²) in [4.78, 5) is 11.9. The molecule has 0 fully saturated rings. The van der Waals surface area contributed by atoms with Crippen LogP contribution in [0, 0.1) is 11.2 Å². The van der Waals surface area contributed by atoms with Crippen molar-refractivity contribution in [1.29, 1.82) is 0 Å². The molecule has 42 heavy (non-hydrogen) atoms. The van der Waals surface area contributed by atoms with Crippen molar-refractivity contribution in [2.45, 2.75) is 56.4 Å². The number of rotatable bonds is 10. The van der Waals surface area contributed by atoms with E-state index in [0.717, 1.165) is 29.6 Å². The van der Waals surface area contributed by atoms with Crippen LogP contribution < -0.4 is 19.1 Å². The van der Waals surface area contributed by atoms with Gasteiger partial charge in [0, 0.05) is 23.8 Å². The van der Waals surface area contributed by atoms with Crippen molar-refractivity contribution in [1.82, 2.24) is 0 Å². The Morgan fingerprint density at radius 3 is 2.43 bits per heavy atom. The number of sulfonamides is 1. The van der Waals surface area contributed by atoms with Crippen molar-refractivity contribution >= 4 is 27.5 Å². The fraction of sp³-hybridized carbons (Fsp3) is 0.444. The molecule has 0 bridgehead atoms. The number of alkyl halides is 3. The van der Waals surface area contributed by atoms with E-state index in [4.69, 9.17) is 9.47 Å². The maximum absolute atomic E-state index is 14.1. The third-order valence-corrected chi connectivity index (χ3v) is 8.69. The van der Waals surface area contributed by atoms with Crippen LogP contribution in [0.25, 0.3) is 0 Å². The Bertz CT molecular complexity index is 1450. The molecule has 2 aromatic carbocycles. The number of nitrogens with one attached hydrogen (secondary N) is 1. The summed E-state index contributed by atoms with van der Waals surface area (Å²) in [7, 11) is -3.30. The SMILES string of the molecule is C=C(O)[C@](C)(CCO)C[C@H]1CN(S(=O)(=O)c2ccc(F)c(OC)c2)c2cc(NC(=O)OC(C)(C)C(F)(F)F)ccc2O1. The van der Waals surface area contributed by atoms with Gasteiger partial charge in [-0.05, 0) is 57.0 Å². The first kappa shape index (κ1) is 32.8. The molecule has 3 N–H and O–H groups in total. The number of carbonyl (C=O) groups is 1. The van der Waals surface area contributed by atoms with Gasteiger partial charge in [-0.2, -0.15) is 13.2 Å². The minimum Gasteiger partial charge on any atom is -0.512 e. The second-order valence-electron chi connectivity index (χ2n) is 10.5. The van der Waals surface area contributed by atoms with Gasteiger partial charge in [-0.15, -0.1) is 0 Å². The van der Waals surface area contributed by atoms with Crippen LogP contribution in [0.2, 0.25) is 0 Å². The summed E-state index contributed by atoms with van der Waals surface area (Å²) in [6.07, 6.45) is -7.05. The molecular formula is C27H32F4N2O8S. The van der Waals surface area contributed by atoms with Gasteiger partial charge in [0.05, 0.1) is 30.0 Å². The van der Waals surface area contributed by atoms with Gasteiger partial charge in [0.25, 0.3) is 10.0 Å². The third kappa shape index (κ3) is 6.84. The van der Waals surface area contributed by atoms with Crippen LogP contribution in [0.15, 0.2) is 53.6 Å². The van der Waals surface area contributed by atoms with Crippen LogP contribution >= 0.6 is 0 Å². The minimum absolute atomic E-state index is 0.0216. The molecule has 3 rings (SSSR count). The average molecular weight is 621 g/mol. The summed E-state index contributed by atoms with van der Waals surface area (Å²) < 4.78 is 97.7. The quantitative estimate of drug-likeness (QED) is 0.233. The lowest BCUT2D eigenvalue weighted by molar-refractivity contribution is -0.242. The molecule has 0 aliphatic carbocycles. The molecule has 15 heteroatoms. The first-order valence-electron chi connectivity index (χ1n) is 12.6. The van der Waals surface area contributed by atoms with Crippen molar-refractivity contribution in [3.63, 3.8) is 0 Å². The highest BCUT2D eigenvalue weighted by molar-refractivity contribution is 7.92. The van der Waals surface area contributed by atoms with E-state index in [1.807, 2.05) is 0 Å². The number of hydrogen-bond acceptors (Lipinski definition) is 8. The largest absolute Gasteiger partial charge is 0.512 e. The standard InChI is InChI=1S/C27H32F4N2O8S/c1-16(35)26(4,10-11-34)14-18-15-33(42(37,38)19-7-8-20(28)23(13-19)39-5)21-12-17(6-9-22(21)40-18)32-24(36)41-25(2,3)27(29,30)31/h6-9,12-13,18,34-35H,1,10-11,14-15H2,2-5H3,(H,32,36)/t18-,26+/m0/s1. The molecule has 0 saturated carbocycles. The van der Waals surface area contributed by atoms with Crippen LogP contribution in [0.1, 0.15) is 33.6 Å². The van der Waals surface area contributed by atoms with E-state index in [1.165, 1.54) is 18.2 Å². The second-order valence-corrected chi connectivity index (χ2v) is 12.3. The Hall–Kier alpha value is -3.72. The number of nitrogens with zero attached hydrogens (tertiary/aromatic N) is 1. The number of amides is 1. The van der Waals surface area contributed by atoms with Gasteiger partial charge < -0.3 is 24.4 Å². The molecule has 1 heterocycles. The highest BCUT2D eigenvalue weighted by Gasteiger charge is 2.51. The van der Waals surface area contributed by atoms with E-state index in [1.54, 1.807) is 6.92 Å². The average Bonchev–Trinajstić information content (AvgIpc) is 2.87. The molecular weight excluding hydrogens is 588 g/mol. The van der Waals surface area contributed by atoms with Crippen LogP contribution in [0.3, 0.4) is 0 Å². The van der Waals surface area contributed by atoms with Gasteiger partial charge in [0.1, 0.15) is 11.9 Å². The lowest BCUT2D eigenvalue weighted by atomic mass is 9.79. The van der Waals surface area contributed by atoms with Crippen molar-refractivity contribution in [3.05, 3.63) is 54.6 Å². The number of halogens is 4. The van der Waals surface area contributed by atoms with E-state index >= 15 is 0 Å². The van der Waals surface area contributed by atoms with Gasteiger partial charge in [-0.25, -0.2) is 17.6 Å². The number of aliphatic hydroxyl groups is 2. The maximum Gasteiger partial charge on any atom is 0.427 e. The zero-order valence-electron chi connectivity index (χ0n) is 23.3. The molecule has 0 aromatic heterocycles. The number of ether oxygens (including phenoxy) is 3. The smallest absolute Gasteiger partial charge is 0.427 e. The molecule has 2 atom stereocenters. The summed E-state index contributed by atoms with van der Waals surface area (Å²) in [5.41, 5.74) is -4.06. The number of hydrogen-bond donors (Lipinski definition) is 3. The van der Waals surface area contributed by atoms with Gasteiger partial charge in [-0.1, -0.05) is 13.5 Å². The Labute approximate surface area is 240 Å². The van der Waals surface area contributed by atoms with Crippen molar-refractivity contribution in [2.75, 3.05) is 29.9 Å². The highest BCUT2D eigenvalue weighted by Crippen LogP contribution is 2.43. The number of fused-ring (bicyclic) bond motifs is 1. The Morgan fingerprint density at radius 1 is 1.19 bits per heavy atom. The molecule has 1 aliphatic rings. The van der Waals surface area contributed by atoms with Crippen molar-refractivity contribution in [2.24, 2.45) is 5.41 Å². The number of benzene rings is 2. The first-order valence-corrected chi connectivity index (χ1v) is 14.0. The van der Waals surface area contributed by atoms with Crippen LogP contribution in [0.4, 0.5) is 33.7 Å². The molecule has 1 amide bonds. The topological polar surface area (TPSA) is 135 Å². The molecule has 232 valence electrons. The van der Waals surface area contributed by atoms with Crippen LogP contribution in [-0.4, -0.2) is 62.9 Å². The predicted molar refractivity (Wildman–Crippen MR) is 145 cm³/mol. The fourth-order valence-corrected chi connectivity index (χ4v) is 5.71. The van der Waals surface area contributed by atoms with Gasteiger partial charge in [0.2, 0.25) is 5.60 Å². The molecule has 0 unspecified atom stereocenters. The molecule has 0 saturated heterocycles. The van der Waals surface area contributed by atoms with Crippen molar-refractivity contribution < 1.29 is 55.2 Å². The number of methoxy groups -OCH3 is 1. The molecule has 0 radical (unpaired) electrons. The van der Waals surface area contributed by atoms with Crippen molar-refractivity contribution in [3.8, 4) is 11.5 Å². The molecule has 1 aliphatic heterocycles. The monoisotopic (exact) mass is 620 g/mol. The summed E-state index contributed by atoms with van der Waals surface area (Å²) >= 11 is 0. The van der Waals surface area contributed by atoms with Gasteiger partial charge >= 0.3 is 12.3 Å². The third-order valence-electron chi connectivity index (χ3n) is 6.92. The summed E-state index contributed by atoms with van der Waals surface area (Å²) in [6.45, 7) is 5.89. The Morgan fingerprint density at radius 2 is 1.86 bits per heavy atom. The highest BCUT2D eigenvalue weighted by atomic mass is 32.2. The lowest BCUT2D eigenvalue weighted by Gasteiger charge is -2.39. The first-order chi connectivity index (χ1) is 19.3. The lowest BCUT2D eigenvalue weighted by Crippen LogP contribution is -2.46. The Balaban J connectivity index is 2.05. The van der Waals surface area contributed by atoms with E-state index in [-0.39, 0.29) is 59.5 Å². The zero-order valence-corrected chi connectivity index (χ0v) is 24.1. The van der Waals surface area contributed by atoms with E-state index in [2.05, 4.69) is 16.6 Å². The number of carbonyl (C=O) groups excluding carboxylic acids is 1. The number of anilines is 2. The zero-order chi connectivity index (χ0) is 31.7. The normalized spacial score (nSPS) is 17.0.